The third kappa shape index (κ3) is 6.16. The fourth-order valence-corrected chi connectivity index (χ4v) is 5.02. The van der Waals surface area contributed by atoms with Gasteiger partial charge in [-0.2, -0.15) is 0 Å². The highest BCUT2D eigenvalue weighted by atomic mass is 16.6. The van der Waals surface area contributed by atoms with Crippen LogP contribution in [-0.2, 0) is 4.74 Å². The van der Waals surface area contributed by atoms with Gasteiger partial charge < -0.3 is 29.9 Å². The summed E-state index contributed by atoms with van der Waals surface area (Å²) in [5, 5.41) is 17.6. The Morgan fingerprint density at radius 1 is 1.11 bits per heavy atom. The standard InChI is InChI=1S/C28H40N4O4/c1-18(2)25-16-31(12-13-32(25)27(33)36-21-10-8-20(34-5)9-11-21)15-24(29)22-14-28(3,4)35-17-23(22)26(30)19-6-7-19/h8-11,18-19,25,29-30H,6-7,12-17H2,1-5H3/t25-/m0/s1. The van der Waals surface area contributed by atoms with E-state index in [1.165, 1.54) is 0 Å². The minimum atomic E-state index is -0.345. The average Bonchev–Trinajstić information content (AvgIpc) is 3.69. The molecule has 1 saturated carbocycles. The van der Waals surface area contributed by atoms with Crippen LogP contribution in [0.15, 0.2) is 35.4 Å². The SMILES string of the molecule is COc1ccc(OC(=O)N2CCN(CC(=N)C3=C(C(=N)C4CC4)COC(C)(C)C3)C[C@H]2C(C)C)cc1. The maximum atomic E-state index is 13.0. The molecular formula is C28H40N4O4. The summed E-state index contributed by atoms with van der Waals surface area (Å²) in [6, 6.07) is 7.00. The van der Waals surface area contributed by atoms with E-state index >= 15 is 0 Å². The molecule has 1 aliphatic carbocycles. The highest BCUT2D eigenvalue weighted by Crippen LogP contribution is 2.37. The molecule has 196 valence electrons. The number of hydrogen-bond donors (Lipinski definition) is 2. The van der Waals surface area contributed by atoms with E-state index in [-0.39, 0.29) is 23.7 Å². The van der Waals surface area contributed by atoms with Crippen molar-refractivity contribution in [1.29, 1.82) is 10.8 Å². The third-order valence-corrected chi connectivity index (χ3v) is 7.40. The van der Waals surface area contributed by atoms with Gasteiger partial charge in [0.1, 0.15) is 11.5 Å². The summed E-state index contributed by atoms with van der Waals surface area (Å²) in [4.78, 5) is 17.1. The fraction of sp³-hybridized carbons (Fsp3) is 0.607. The highest BCUT2D eigenvalue weighted by Gasteiger charge is 2.38. The van der Waals surface area contributed by atoms with Crippen molar-refractivity contribution >= 4 is 17.5 Å². The van der Waals surface area contributed by atoms with Gasteiger partial charge in [-0.1, -0.05) is 13.8 Å². The molecule has 8 heteroatoms. The molecule has 1 aromatic carbocycles. The zero-order chi connectivity index (χ0) is 26.0. The van der Waals surface area contributed by atoms with Crippen molar-refractivity contribution < 1.29 is 19.0 Å². The number of ether oxygens (including phenoxy) is 3. The molecule has 0 unspecified atom stereocenters. The fourth-order valence-electron chi connectivity index (χ4n) is 5.02. The van der Waals surface area contributed by atoms with E-state index in [4.69, 9.17) is 25.0 Å². The monoisotopic (exact) mass is 496 g/mol. The second-order valence-corrected chi connectivity index (χ2v) is 11.1. The summed E-state index contributed by atoms with van der Waals surface area (Å²) >= 11 is 0. The van der Waals surface area contributed by atoms with Gasteiger partial charge in [-0.3, -0.25) is 4.90 Å². The number of nitrogens with zero attached hydrogens (tertiary/aromatic N) is 2. The van der Waals surface area contributed by atoms with Crippen LogP contribution in [0.25, 0.3) is 0 Å². The summed E-state index contributed by atoms with van der Waals surface area (Å²) in [5.74, 6) is 1.78. The van der Waals surface area contributed by atoms with Gasteiger partial charge in [-0.25, -0.2) is 4.79 Å². The van der Waals surface area contributed by atoms with Crippen LogP contribution in [-0.4, -0.2) is 78.9 Å². The molecule has 2 fully saturated rings. The molecule has 1 aromatic rings. The van der Waals surface area contributed by atoms with Gasteiger partial charge in [0.25, 0.3) is 0 Å². The molecule has 8 nitrogen and oxygen atoms in total. The van der Waals surface area contributed by atoms with Gasteiger partial charge in [0.05, 0.1) is 25.4 Å². The molecular weight excluding hydrogens is 456 g/mol. The van der Waals surface area contributed by atoms with Crippen LogP contribution in [0.1, 0.15) is 47.0 Å². The maximum Gasteiger partial charge on any atom is 0.415 e. The molecule has 3 aliphatic rings. The molecule has 2 aliphatic heterocycles. The first kappa shape index (κ1) is 26.4. The third-order valence-electron chi connectivity index (χ3n) is 7.40. The zero-order valence-corrected chi connectivity index (χ0v) is 22.2. The molecule has 1 amide bonds. The van der Waals surface area contributed by atoms with Crippen molar-refractivity contribution in [3.8, 4) is 11.5 Å². The number of benzene rings is 1. The molecule has 0 bridgehead atoms. The summed E-state index contributed by atoms with van der Waals surface area (Å²) < 4.78 is 16.9. The number of amides is 1. The quantitative estimate of drug-likeness (QED) is 0.505. The van der Waals surface area contributed by atoms with E-state index in [0.717, 1.165) is 24.0 Å². The Kier molecular flexibility index (Phi) is 7.85. The Morgan fingerprint density at radius 3 is 2.39 bits per heavy atom. The zero-order valence-electron chi connectivity index (χ0n) is 22.2. The molecule has 0 spiro atoms. The second-order valence-electron chi connectivity index (χ2n) is 11.1. The highest BCUT2D eigenvalue weighted by molar-refractivity contribution is 6.11. The van der Waals surface area contributed by atoms with Crippen LogP contribution < -0.4 is 9.47 Å². The van der Waals surface area contributed by atoms with E-state index in [9.17, 15) is 4.79 Å². The topological polar surface area (TPSA) is 98.9 Å². The van der Waals surface area contributed by atoms with Crippen LogP contribution in [0, 0.1) is 22.7 Å². The van der Waals surface area contributed by atoms with Crippen LogP contribution in [0.2, 0.25) is 0 Å². The Bertz CT molecular complexity index is 1030. The number of carbonyl (C=O) groups is 1. The van der Waals surface area contributed by atoms with E-state index in [1.54, 1.807) is 31.4 Å². The summed E-state index contributed by atoms with van der Waals surface area (Å²) in [7, 11) is 1.60. The lowest BCUT2D eigenvalue weighted by molar-refractivity contribution is -0.0107. The van der Waals surface area contributed by atoms with Crippen molar-refractivity contribution in [2.75, 3.05) is 39.9 Å². The first-order valence-corrected chi connectivity index (χ1v) is 13.0. The van der Waals surface area contributed by atoms with Gasteiger partial charge in [-0.15, -0.1) is 0 Å². The van der Waals surface area contributed by atoms with E-state index in [0.29, 0.717) is 68.0 Å². The van der Waals surface area contributed by atoms with Crippen LogP contribution in [0.5, 0.6) is 11.5 Å². The Morgan fingerprint density at radius 2 is 1.78 bits per heavy atom. The van der Waals surface area contributed by atoms with E-state index in [2.05, 4.69) is 32.6 Å². The number of nitrogens with one attached hydrogen (secondary N) is 2. The molecule has 0 aromatic heterocycles. The van der Waals surface area contributed by atoms with Crippen LogP contribution in [0.3, 0.4) is 0 Å². The Balaban J connectivity index is 1.42. The van der Waals surface area contributed by atoms with Crippen LogP contribution in [0.4, 0.5) is 4.79 Å². The largest absolute Gasteiger partial charge is 0.497 e. The Hall–Kier alpha value is -2.71. The minimum Gasteiger partial charge on any atom is -0.497 e. The smallest absolute Gasteiger partial charge is 0.415 e. The number of methoxy groups -OCH3 is 1. The maximum absolute atomic E-state index is 13.0. The predicted octanol–water partition coefficient (Wildman–Crippen LogP) is 4.78. The Labute approximate surface area is 214 Å². The van der Waals surface area contributed by atoms with Gasteiger partial charge in [0, 0.05) is 55.5 Å². The molecule has 2 heterocycles. The lowest BCUT2D eigenvalue weighted by Gasteiger charge is -2.43. The van der Waals surface area contributed by atoms with Crippen molar-refractivity contribution in [2.45, 2.75) is 58.6 Å². The van der Waals surface area contributed by atoms with E-state index < -0.39 is 0 Å². The first-order valence-electron chi connectivity index (χ1n) is 13.0. The molecule has 36 heavy (non-hydrogen) atoms. The summed E-state index contributed by atoms with van der Waals surface area (Å²) in [6.45, 7) is 11.2. The van der Waals surface area contributed by atoms with Crippen molar-refractivity contribution in [1.82, 2.24) is 9.80 Å². The summed E-state index contributed by atoms with van der Waals surface area (Å²) in [6.07, 6.45) is 2.44. The van der Waals surface area contributed by atoms with Gasteiger partial charge in [0.2, 0.25) is 0 Å². The minimum absolute atomic E-state index is 0.0124. The first-order chi connectivity index (χ1) is 17.1. The van der Waals surface area contributed by atoms with Crippen molar-refractivity contribution in [2.24, 2.45) is 11.8 Å². The molecule has 2 N–H and O–H groups in total. The number of piperazine rings is 1. The molecule has 1 saturated heterocycles. The van der Waals surface area contributed by atoms with Crippen LogP contribution >= 0.6 is 0 Å². The second kappa shape index (κ2) is 10.7. The van der Waals surface area contributed by atoms with Gasteiger partial charge in [-0.05, 0) is 62.4 Å². The van der Waals surface area contributed by atoms with Crippen molar-refractivity contribution in [3.63, 3.8) is 0 Å². The van der Waals surface area contributed by atoms with E-state index in [1.807, 2.05) is 4.90 Å². The lowest BCUT2D eigenvalue weighted by atomic mass is 9.86. The van der Waals surface area contributed by atoms with Crippen molar-refractivity contribution in [3.05, 3.63) is 35.4 Å². The number of hydrogen-bond acceptors (Lipinski definition) is 7. The predicted molar refractivity (Wildman–Crippen MR) is 141 cm³/mol. The molecule has 1 atom stereocenters. The lowest BCUT2D eigenvalue weighted by Crippen LogP contribution is -2.58. The number of carbonyl (C=O) groups excluding carboxylic acids is 1. The van der Waals surface area contributed by atoms with Gasteiger partial charge >= 0.3 is 6.09 Å². The number of rotatable bonds is 8. The van der Waals surface area contributed by atoms with Gasteiger partial charge in [0.15, 0.2) is 0 Å². The average molecular weight is 497 g/mol. The summed E-state index contributed by atoms with van der Waals surface area (Å²) in [5.41, 5.74) is 2.80. The molecule has 0 radical (unpaired) electrons. The molecule has 4 rings (SSSR count). The normalized spacial score (nSPS) is 22.5.